The Morgan fingerprint density at radius 3 is 2.68 bits per heavy atom. The largest absolute Gasteiger partial charge is 0.316 e. The molecule has 1 rings (SSSR count). The molecule has 0 aliphatic carbocycles. The first-order valence-electron chi connectivity index (χ1n) is 7.17. The summed E-state index contributed by atoms with van der Waals surface area (Å²) in [5.74, 6) is 3.22. The van der Waals surface area contributed by atoms with Crippen molar-refractivity contribution in [3.63, 3.8) is 0 Å². The van der Waals surface area contributed by atoms with Crippen molar-refractivity contribution in [2.24, 2.45) is 5.92 Å². The quantitative estimate of drug-likeness (QED) is 0.678. The highest BCUT2D eigenvalue weighted by Gasteiger charge is 2.12. The van der Waals surface area contributed by atoms with Gasteiger partial charge in [-0.05, 0) is 54.0 Å². The fraction of sp³-hybridized carbons (Fsp3) is 0.625. The van der Waals surface area contributed by atoms with Gasteiger partial charge in [-0.2, -0.15) is 11.8 Å². The lowest BCUT2D eigenvalue weighted by Crippen LogP contribution is -2.26. The molecule has 0 aliphatic heterocycles. The Balaban J connectivity index is 2.57. The van der Waals surface area contributed by atoms with Crippen molar-refractivity contribution in [3.05, 3.63) is 35.6 Å². The van der Waals surface area contributed by atoms with Gasteiger partial charge in [0.15, 0.2) is 0 Å². The number of thioether (sulfide) groups is 1. The predicted molar refractivity (Wildman–Crippen MR) is 84.5 cm³/mol. The molecule has 3 heteroatoms. The number of rotatable bonds is 9. The maximum Gasteiger partial charge on any atom is 0.123 e. The summed E-state index contributed by atoms with van der Waals surface area (Å²) in [7, 11) is 0. The van der Waals surface area contributed by atoms with Crippen molar-refractivity contribution < 1.29 is 4.39 Å². The second-order valence-corrected chi connectivity index (χ2v) is 6.68. The van der Waals surface area contributed by atoms with Crippen LogP contribution in [-0.2, 0) is 0 Å². The first kappa shape index (κ1) is 16.5. The van der Waals surface area contributed by atoms with Crippen LogP contribution in [0.15, 0.2) is 24.3 Å². The zero-order valence-electron chi connectivity index (χ0n) is 12.3. The molecule has 108 valence electrons. The topological polar surface area (TPSA) is 12.0 Å². The maximum absolute atomic E-state index is 13.3. The molecular weight excluding hydrogens is 257 g/mol. The lowest BCUT2D eigenvalue weighted by Gasteiger charge is -2.19. The number of halogens is 1. The van der Waals surface area contributed by atoms with Crippen LogP contribution in [0.2, 0.25) is 0 Å². The highest BCUT2D eigenvalue weighted by atomic mass is 32.2. The van der Waals surface area contributed by atoms with E-state index in [0.717, 1.165) is 36.6 Å². The van der Waals surface area contributed by atoms with Crippen molar-refractivity contribution in [1.82, 2.24) is 5.32 Å². The Morgan fingerprint density at radius 1 is 1.26 bits per heavy atom. The van der Waals surface area contributed by atoms with Gasteiger partial charge in [-0.15, -0.1) is 0 Å². The molecule has 1 N–H and O–H groups in total. The molecule has 0 aliphatic rings. The third-order valence-electron chi connectivity index (χ3n) is 3.08. The third-order valence-corrected chi connectivity index (χ3v) is 4.01. The van der Waals surface area contributed by atoms with E-state index < -0.39 is 0 Å². The molecule has 1 atom stereocenters. The molecule has 1 aromatic rings. The third kappa shape index (κ3) is 6.98. The normalized spacial score (nSPS) is 12.9. The number of hydrogen-bond donors (Lipinski definition) is 1. The van der Waals surface area contributed by atoms with Crippen LogP contribution in [0.25, 0.3) is 0 Å². The molecule has 19 heavy (non-hydrogen) atoms. The molecule has 0 amide bonds. The Kier molecular flexibility index (Phi) is 8.15. The summed E-state index contributed by atoms with van der Waals surface area (Å²) >= 11 is 1.95. The van der Waals surface area contributed by atoms with Crippen molar-refractivity contribution >= 4 is 11.8 Å². The molecule has 1 nitrogen and oxygen atoms in total. The van der Waals surface area contributed by atoms with E-state index in [-0.39, 0.29) is 5.82 Å². The molecule has 0 bridgehead atoms. The van der Waals surface area contributed by atoms with Gasteiger partial charge in [-0.3, -0.25) is 0 Å². The van der Waals surface area contributed by atoms with Gasteiger partial charge < -0.3 is 5.32 Å². The number of benzene rings is 1. The van der Waals surface area contributed by atoms with Crippen LogP contribution < -0.4 is 5.32 Å². The standard InChI is InChI=1S/C16H26FNS/c1-4-19-9-8-15(12-18-11-13(2)3)14-6-5-7-16(17)10-14/h5-7,10,13,15,18H,4,8-9,11-12H2,1-3H3. The number of nitrogens with one attached hydrogen (secondary N) is 1. The Hall–Kier alpha value is -0.540. The predicted octanol–water partition coefficient (Wildman–Crippen LogP) is 4.30. The van der Waals surface area contributed by atoms with Gasteiger partial charge in [-0.25, -0.2) is 4.39 Å². The van der Waals surface area contributed by atoms with E-state index in [1.807, 2.05) is 23.9 Å². The Labute approximate surface area is 121 Å². The van der Waals surface area contributed by atoms with Crippen LogP contribution in [-0.4, -0.2) is 24.6 Å². The lowest BCUT2D eigenvalue weighted by molar-refractivity contribution is 0.509. The summed E-state index contributed by atoms with van der Waals surface area (Å²) < 4.78 is 13.3. The molecule has 0 saturated heterocycles. The van der Waals surface area contributed by atoms with Crippen LogP contribution in [0.4, 0.5) is 4.39 Å². The summed E-state index contributed by atoms with van der Waals surface area (Å²) in [5, 5.41) is 3.50. The van der Waals surface area contributed by atoms with E-state index in [0.29, 0.717) is 11.8 Å². The molecule has 0 heterocycles. The molecule has 0 spiro atoms. The van der Waals surface area contributed by atoms with E-state index in [9.17, 15) is 4.39 Å². The summed E-state index contributed by atoms with van der Waals surface area (Å²) in [6, 6.07) is 7.05. The smallest absolute Gasteiger partial charge is 0.123 e. The second-order valence-electron chi connectivity index (χ2n) is 5.29. The average Bonchev–Trinajstić information content (AvgIpc) is 2.37. The highest BCUT2D eigenvalue weighted by Crippen LogP contribution is 2.22. The second kappa shape index (κ2) is 9.38. The van der Waals surface area contributed by atoms with E-state index in [1.165, 1.54) is 6.07 Å². The molecule has 0 aromatic heterocycles. The molecule has 1 aromatic carbocycles. The monoisotopic (exact) mass is 283 g/mol. The van der Waals surface area contributed by atoms with Crippen molar-refractivity contribution in [2.45, 2.75) is 33.1 Å². The zero-order valence-corrected chi connectivity index (χ0v) is 13.1. The maximum atomic E-state index is 13.3. The van der Waals surface area contributed by atoms with Crippen LogP contribution in [0.5, 0.6) is 0 Å². The van der Waals surface area contributed by atoms with Crippen molar-refractivity contribution in [1.29, 1.82) is 0 Å². The molecular formula is C16H26FNS. The fourth-order valence-corrected chi connectivity index (χ4v) is 2.80. The summed E-state index contributed by atoms with van der Waals surface area (Å²) in [5.41, 5.74) is 1.12. The van der Waals surface area contributed by atoms with E-state index in [1.54, 1.807) is 6.07 Å². The minimum atomic E-state index is -0.130. The molecule has 0 radical (unpaired) electrons. The molecule has 1 unspecified atom stereocenters. The van der Waals surface area contributed by atoms with Gasteiger partial charge >= 0.3 is 0 Å². The van der Waals surface area contributed by atoms with E-state index >= 15 is 0 Å². The van der Waals surface area contributed by atoms with Gasteiger partial charge in [0.25, 0.3) is 0 Å². The first-order chi connectivity index (χ1) is 9.13. The Bertz CT molecular complexity index is 354. The molecule has 0 saturated carbocycles. The first-order valence-corrected chi connectivity index (χ1v) is 8.32. The van der Waals surface area contributed by atoms with Crippen molar-refractivity contribution in [2.75, 3.05) is 24.6 Å². The Morgan fingerprint density at radius 2 is 2.05 bits per heavy atom. The minimum absolute atomic E-state index is 0.130. The van der Waals surface area contributed by atoms with Gasteiger partial charge in [-0.1, -0.05) is 32.9 Å². The summed E-state index contributed by atoms with van der Waals surface area (Å²) in [4.78, 5) is 0. The SMILES string of the molecule is CCSCCC(CNCC(C)C)c1cccc(F)c1. The van der Waals surface area contributed by atoms with Crippen LogP contribution in [0, 0.1) is 11.7 Å². The van der Waals surface area contributed by atoms with Crippen LogP contribution in [0.1, 0.15) is 38.7 Å². The average molecular weight is 283 g/mol. The minimum Gasteiger partial charge on any atom is -0.316 e. The van der Waals surface area contributed by atoms with Gasteiger partial charge in [0.05, 0.1) is 0 Å². The fourth-order valence-electron chi connectivity index (χ4n) is 2.06. The highest BCUT2D eigenvalue weighted by molar-refractivity contribution is 7.99. The van der Waals surface area contributed by atoms with Crippen LogP contribution in [0.3, 0.4) is 0 Å². The summed E-state index contributed by atoms with van der Waals surface area (Å²) in [6.07, 6.45) is 1.10. The van der Waals surface area contributed by atoms with Gasteiger partial charge in [0.2, 0.25) is 0 Å². The van der Waals surface area contributed by atoms with E-state index in [2.05, 4.69) is 26.1 Å². The summed E-state index contributed by atoms with van der Waals surface area (Å²) in [6.45, 7) is 8.55. The molecule has 0 fully saturated rings. The lowest BCUT2D eigenvalue weighted by atomic mass is 9.96. The van der Waals surface area contributed by atoms with Crippen LogP contribution >= 0.6 is 11.8 Å². The van der Waals surface area contributed by atoms with Gasteiger partial charge in [0, 0.05) is 6.54 Å². The zero-order chi connectivity index (χ0) is 14.1. The van der Waals surface area contributed by atoms with Crippen molar-refractivity contribution in [3.8, 4) is 0 Å². The van der Waals surface area contributed by atoms with E-state index in [4.69, 9.17) is 0 Å². The number of hydrogen-bond acceptors (Lipinski definition) is 2. The van der Waals surface area contributed by atoms with Gasteiger partial charge in [0.1, 0.15) is 5.82 Å².